The Kier molecular flexibility index (Phi) is 3.76. The number of rotatable bonds is 3. The average Bonchev–Trinajstić information content (AvgIpc) is 2.55. The second kappa shape index (κ2) is 5.87. The van der Waals surface area contributed by atoms with Gasteiger partial charge in [0.05, 0.1) is 5.69 Å². The van der Waals surface area contributed by atoms with Crippen molar-refractivity contribution in [2.75, 3.05) is 5.32 Å². The van der Waals surface area contributed by atoms with Crippen LogP contribution in [0.2, 0.25) is 0 Å². The van der Waals surface area contributed by atoms with Crippen molar-refractivity contribution in [2.45, 2.75) is 12.5 Å². The summed E-state index contributed by atoms with van der Waals surface area (Å²) in [5.41, 5.74) is 3.30. The first-order chi connectivity index (χ1) is 10.7. The Balaban J connectivity index is 1.83. The second-order valence-corrected chi connectivity index (χ2v) is 4.94. The monoisotopic (exact) mass is 298 g/mol. The van der Waals surface area contributed by atoms with Crippen molar-refractivity contribution in [3.8, 4) is 5.75 Å². The molecule has 1 aliphatic heterocycles. The van der Waals surface area contributed by atoms with Gasteiger partial charge in [-0.1, -0.05) is 30.3 Å². The van der Waals surface area contributed by atoms with Crippen molar-refractivity contribution in [1.29, 1.82) is 0 Å². The lowest BCUT2D eigenvalue weighted by atomic mass is 10.1. The van der Waals surface area contributed by atoms with Crippen LogP contribution in [0.3, 0.4) is 0 Å². The zero-order valence-corrected chi connectivity index (χ0v) is 11.6. The Labute approximate surface area is 126 Å². The molecule has 0 spiro atoms. The predicted octanol–water partition coefficient (Wildman–Crippen LogP) is 1.75. The highest BCUT2D eigenvalue weighted by Crippen LogP contribution is 2.31. The van der Waals surface area contributed by atoms with Crippen LogP contribution in [0.4, 0.5) is 5.69 Å². The molecule has 3 N–H and O–H groups in total. The Morgan fingerprint density at radius 2 is 2.00 bits per heavy atom. The molecule has 3 rings (SSSR count). The maximum atomic E-state index is 12.1. The fraction of sp³-hybridized carbons (Fsp3) is 0.125. The molecule has 22 heavy (non-hydrogen) atoms. The smallest absolute Gasteiger partial charge is 0.274 e. The minimum Gasteiger partial charge on any atom is -0.478 e. The molecule has 1 atom stereocenters. The molecule has 0 aliphatic carbocycles. The van der Waals surface area contributed by atoms with Crippen LogP contribution >= 0.6 is 0 Å². The van der Waals surface area contributed by atoms with E-state index in [9.17, 15) is 9.59 Å². The van der Waals surface area contributed by atoms with Gasteiger partial charge in [0.25, 0.3) is 11.8 Å². The molecule has 112 valence electrons. The lowest BCUT2D eigenvalue weighted by Crippen LogP contribution is -2.38. The van der Waals surface area contributed by atoms with Crippen LogP contribution in [0.1, 0.15) is 15.9 Å². The van der Waals surface area contributed by atoms with Crippen molar-refractivity contribution in [3.63, 3.8) is 0 Å². The SMILES string of the molecule is O=C(NO)c1ccc2c(c1)O[C@H](Cc1ccccc1)C(=O)N2. The van der Waals surface area contributed by atoms with Gasteiger partial charge in [0.1, 0.15) is 5.75 Å². The molecule has 0 saturated heterocycles. The number of benzene rings is 2. The summed E-state index contributed by atoms with van der Waals surface area (Å²) < 4.78 is 5.71. The van der Waals surface area contributed by atoms with E-state index in [1.165, 1.54) is 12.1 Å². The second-order valence-electron chi connectivity index (χ2n) is 4.94. The molecule has 0 bridgehead atoms. The average molecular weight is 298 g/mol. The van der Waals surface area contributed by atoms with Crippen LogP contribution in [0.5, 0.6) is 5.75 Å². The lowest BCUT2D eigenvalue weighted by Gasteiger charge is -2.26. The summed E-state index contributed by atoms with van der Waals surface area (Å²) in [6, 6.07) is 14.1. The summed E-state index contributed by atoms with van der Waals surface area (Å²) in [6.45, 7) is 0. The van der Waals surface area contributed by atoms with Crippen molar-refractivity contribution in [3.05, 3.63) is 59.7 Å². The minimum absolute atomic E-state index is 0.226. The molecule has 1 heterocycles. The largest absolute Gasteiger partial charge is 0.478 e. The van der Waals surface area contributed by atoms with Crippen LogP contribution < -0.4 is 15.5 Å². The maximum Gasteiger partial charge on any atom is 0.274 e. The Morgan fingerprint density at radius 3 is 2.73 bits per heavy atom. The third kappa shape index (κ3) is 2.77. The van der Waals surface area contributed by atoms with Crippen molar-refractivity contribution < 1.29 is 19.5 Å². The number of nitrogens with one attached hydrogen (secondary N) is 2. The summed E-state index contributed by atoms with van der Waals surface area (Å²) in [5, 5.41) is 11.4. The van der Waals surface area contributed by atoms with E-state index in [4.69, 9.17) is 9.94 Å². The van der Waals surface area contributed by atoms with Gasteiger partial charge in [-0.05, 0) is 23.8 Å². The van der Waals surface area contributed by atoms with Crippen molar-refractivity contribution in [2.24, 2.45) is 0 Å². The highest BCUT2D eigenvalue weighted by Gasteiger charge is 2.28. The van der Waals surface area contributed by atoms with Gasteiger partial charge in [-0.2, -0.15) is 0 Å². The molecule has 0 fully saturated rings. The molecule has 6 nitrogen and oxygen atoms in total. The third-order valence-corrected chi connectivity index (χ3v) is 3.43. The van der Waals surface area contributed by atoms with Gasteiger partial charge >= 0.3 is 0 Å². The fourth-order valence-corrected chi connectivity index (χ4v) is 2.31. The Hall–Kier alpha value is -2.86. The fourth-order valence-electron chi connectivity index (χ4n) is 2.31. The molecule has 1 aliphatic rings. The first-order valence-electron chi connectivity index (χ1n) is 6.77. The van der Waals surface area contributed by atoms with E-state index >= 15 is 0 Å². The number of anilines is 1. The highest BCUT2D eigenvalue weighted by molar-refractivity contribution is 6.00. The number of carbonyl (C=O) groups is 2. The van der Waals surface area contributed by atoms with E-state index in [-0.39, 0.29) is 11.5 Å². The zero-order valence-electron chi connectivity index (χ0n) is 11.6. The van der Waals surface area contributed by atoms with Gasteiger partial charge in [0.15, 0.2) is 6.10 Å². The number of hydroxylamine groups is 1. The normalized spacial score (nSPS) is 16.2. The summed E-state index contributed by atoms with van der Waals surface area (Å²) >= 11 is 0. The van der Waals surface area contributed by atoms with E-state index in [1.807, 2.05) is 30.3 Å². The summed E-state index contributed by atoms with van der Waals surface area (Å²) in [7, 11) is 0. The van der Waals surface area contributed by atoms with Crippen LogP contribution in [0.15, 0.2) is 48.5 Å². The minimum atomic E-state index is -0.665. The van der Waals surface area contributed by atoms with Gasteiger partial charge < -0.3 is 10.1 Å². The number of amides is 2. The molecule has 6 heteroatoms. The van der Waals surface area contributed by atoms with Crippen molar-refractivity contribution in [1.82, 2.24) is 5.48 Å². The van der Waals surface area contributed by atoms with Crippen LogP contribution in [0.25, 0.3) is 0 Å². The first-order valence-corrected chi connectivity index (χ1v) is 6.77. The number of hydrogen-bond donors (Lipinski definition) is 3. The van der Waals surface area contributed by atoms with E-state index in [0.29, 0.717) is 17.9 Å². The first kappa shape index (κ1) is 14.1. The van der Waals surface area contributed by atoms with Gasteiger partial charge in [-0.15, -0.1) is 0 Å². The number of ether oxygens (including phenoxy) is 1. The molecule has 2 aromatic carbocycles. The quantitative estimate of drug-likeness (QED) is 0.595. The molecule has 0 radical (unpaired) electrons. The summed E-state index contributed by atoms with van der Waals surface area (Å²) in [4.78, 5) is 23.5. The molecular weight excluding hydrogens is 284 g/mol. The summed E-state index contributed by atoms with van der Waals surface area (Å²) in [5.74, 6) is -0.458. The van der Waals surface area contributed by atoms with E-state index in [1.54, 1.807) is 11.5 Å². The van der Waals surface area contributed by atoms with E-state index in [2.05, 4.69) is 5.32 Å². The predicted molar refractivity (Wildman–Crippen MR) is 78.9 cm³/mol. The van der Waals surface area contributed by atoms with Crippen LogP contribution in [0, 0.1) is 0 Å². The van der Waals surface area contributed by atoms with Crippen molar-refractivity contribution >= 4 is 17.5 Å². The van der Waals surface area contributed by atoms with Gasteiger partial charge in [0, 0.05) is 12.0 Å². The lowest BCUT2D eigenvalue weighted by molar-refractivity contribution is -0.123. The molecule has 0 saturated carbocycles. The van der Waals surface area contributed by atoms with Crippen LogP contribution in [-0.4, -0.2) is 23.1 Å². The molecule has 0 unspecified atom stereocenters. The maximum absolute atomic E-state index is 12.1. The van der Waals surface area contributed by atoms with Gasteiger partial charge in [0.2, 0.25) is 0 Å². The Morgan fingerprint density at radius 1 is 1.23 bits per heavy atom. The van der Waals surface area contributed by atoms with Gasteiger partial charge in [-0.3, -0.25) is 14.8 Å². The molecular formula is C16H14N2O4. The highest BCUT2D eigenvalue weighted by atomic mass is 16.5. The molecule has 2 aromatic rings. The third-order valence-electron chi connectivity index (χ3n) is 3.43. The summed E-state index contributed by atoms with van der Waals surface area (Å²) in [6.07, 6.45) is -0.231. The molecule has 0 aromatic heterocycles. The number of fused-ring (bicyclic) bond motifs is 1. The van der Waals surface area contributed by atoms with Crippen LogP contribution in [-0.2, 0) is 11.2 Å². The number of carbonyl (C=O) groups excluding carboxylic acids is 2. The standard InChI is InChI=1S/C16H14N2O4/c19-15(18-21)11-6-7-12-13(9-11)22-14(16(20)17-12)8-10-4-2-1-3-5-10/h1-7,9,14,21H,8H2,(H,17,20)(H,18,19)/t14-/m1/s1. The number of hydrogen-bond acceptors (Lipinski definition) is 4. The molecule has 2 amide bonds. The van der Waals surface area contributed by atoms with E-state index < -0.39 is 12.0 Å². The topological polar surface area (TPSA) is 87.7 Å². The zero-order chi connectivity index (χ0) is 15.5. The Bertz CT molecular complexity index is 715. The van der Waals surface area contributed by atoms with E-state index in [0.717, 1.165) is 5.56 Å². The van der Waals surface area contributed by atoms with Gasteiger partial charge in [-0.25, -0.2) is 5.48 Å².